The predicted molar refractivity (Wildman–Crippen MR) is 85.7 cm³/mol. The lowest BCUT2D eigenvalue weighted by Gasteiger charge is -2.50. The summed E-state index contributed by atoms with van der Waals surface area (Å²) < 4.78 is 11.9. The first-order chi connectivity index (χ1) is 10.2. The Hall–Kier alpha value is -0.940. The number of hydroxylamine groups is 3. The van der Waals surface area contributed by atoms with Gasteiger partial charge in [-0.3, -0.25) is 0 Å². The zero-order chi connectivity index (χ0) is 16.1. The molecule has 0 N–H and O–H groups in total. The van der Waals surface area contributed by atoms with Gasteiger partial charge in [-0.05, 0) is 20.8 Å². The molecule has 22 heavy (non-hydrogen) atoms. The summed E-state index contributed by atoms with van der Waals surface area (Å²) in [6.07, 6.45) is -0.241. The zero-order valence-electron chi connectivity index (χ0n) is 14.2. The lowest BCUT2D eigenvalue weighted by atomic mass is 9.97. The maximum Gasteiger partial charge on any atom is 0.164 e. The Labute approximate surface area is 133 Å². The summed E-state index contributed by atoms with van der Waals surface area (Å²) in [4.78, 5) is 0. The fourth-order valence-corrected chi connectivity index (χ4v) is 4.23. The SMILES string of the molecule is CC(C)[C@H]1[C@@H]2OC(C)(C)O[C@@H]2[C@@H](C)[N@+]1([O-])Cc1ccccc1. The van der Waals surface area contributed by atoms with E-state index < -0.39 is 5.79 Å². The smallest absolute Gasteiger partial charge is 0.164 e. The zero-order valence-corrected chi connectivity index (χ0v) is 14.2. The summed E-state index contributed by atoms with van der Waals surface area (Å²) in [5.74, 6) is -0.342. The van der Waals surface area contributed by atoms with Gasteiger partial charge in [0.1, 0.15) is 30.8 Å². The largest absolute Gasteiger partial charge is 0.632 e. The van der Waals surface area contributed by atoms with Gasteiger partial charge in [0.05, 0.1) is 0 Å². The molecule has 0 amide bonds. The topological polar surface area (TPSA) is 41.5 Å². The lowest BCUT2D eigenvalue weighted by molar-refractivity contribution is -0.934. The molecule has 2 saturated heterocycles. The van der Waals surface area contributed by atoms with E-state index in [4.69, 9.17) is 9.47 Å². The molecule has 2 aliphatic heterocycles. The Morgan fingerprint density at radius 3 is 2.32 bits per heavy atom. The van der Waals surface area contributed by atoms with Gasteiger partial charge in [0.25, 0.3) is 0 Å². The molecule has 122 valence electrons. The first-order valence-electron chi connectivity index (χ1n) is 8.22. The Morgan fingerprint density at radius 2 is 1.73 bits per heavy atom. The van der Waals surface area contributed by atoms with Crippen molar-refractivity contribution in [2.75, 3.05) is 0 Å². The summed E-state index contributed by atoms with van der Waals surface area (Å²) in [6.45, 7) is 10.6. The van der Waals surface area contributed by atoms with Crippen LogP contribution in [0.2, 0.25) is 0 Å². The Morgan fingerprint density at radius 1 is 1.14 bits per heavy atom. The highest BCUT2D eigenvalue weighted by atomic mass is 16.8. The van der Waals surface area contributed by atoms with Crippen LogP contribution in [-0.2, 0) is 16.0 Å². The van der Waals surface area contributed by atoms with Gasteiger partial charge in [-0.1, -0.05) is 44.2 Å². The van der Waals surface area contributed by atoms with Gasteiger partial charge in [0, 0.05) is 11.5 Å². The molecule has 4 heteroatoms. The van der Waals surface area contributed by atoms with Crippen LogP contribution in [0.15, 0.2) is 30.3 Å². The van der Waals surface area contributed by atoms with Crippen molar-refractivity contribution in [1.82, 2.24) is 0 Å². The number of hydrogen-bond donors (Lipinski definition) is 0. The molecule has 0 unspecified atom stereocenters. The summed E-state index contributed by atoms with van der Waals surface area (Å²) in [7, 11) is 0. The quantitative estimate of drug-likeness (QED) is 0.634. The maximum atomic E-state index is 13.8. The van der Waals surface area contributed by atoms with Crippen molar-refractivity contribution in [3.05, 3.63) is 41.1 Å². The Balaban J connectivity index is 1.93. The summed E-state index contributed by atoms with van der Waals surface area (Å²) >= 11 is 0. The molecule has 1 aromatic rings. The van der Waals surface area contributed by atoms with Crippen molar-refractivity contribution < 1.29 is 14.1 Å². The van der Waals surface area contributed by atoms with Crippen LogP contribution < -0.4 is 0 Å². The lowest BCUT2D eigenvalue weighted by Crippen LogP contribution is -2.56. The second-order valence-corrected chi connectivity index (χ2v) is 7.54. The fourth-order valence-electron chi connectivity index (χ4n) is 4.23. The molecule has 1 aromatic carbocycles. The average molecular weight is 305 g/mol. The summed E-state index contributed by atoms with van der Waals surface area (Å²) in [6, 6.07) is 9.80. The van der Waals surface area contributed by atoms with E-state index in [1.165, 1.54) is 0 Å². The van der Waals surface area contributed by atoms with Gasteiger partial charge in [0.15, 0.2) is 5.79 Å². The molecule has 5 atom stereocenters. The van der Waals surface area contributed by atoms with Crippen LogP contribution >= 0.6 is 0 Å². The van der Waals surface area contributed by atoms with Gasteiger partial charge in [-0.25, -0.2) is 0 Å². The van der Waals surface area contributed by atoms with E-state index in [1.807, 2.05) is 51.1 Å². The summed E-state index contributed by atoms with van der Waals surface area (Å²) in [5.41, 5.74) is 1.08. The first kappa shape index (κ1) is 15.9. The molecule has 0 aliphatic carbocycles. The van der Waals surface area contributed by atoms with Crippen LogP contribution in [0, 0.1) is 11.1 Å². The van der Waals surface area contributed by atoms with Crippen molar-refractivity contribution >= 4 is 0 Å². The van der Waals surface area contributed by atoms with E-state index in [-0.39, 0.29) is 34.9 Å². The molecule has 2 fully saturated rings. The molecule has 0 spiro atoms. The van der Waals surface area contributed by atoms with Gasteiger partial charge in [-0.15, -0.1) is 0 Å². The maximum absolute atomic E-state index is 13.8. The fraction of sp³-hybridized carbons (Fsp3) is 0.667. The third-order valence-corrected chi connectivity index (χ3v) is 5.13. The number of nitrogens with zero attached hydrogens (tertiary/aromatic N) is 1. The van der Waals surface area contributed by atoms with E-state index in [9.17, 15) is 5.21 Å². The number of ether oxygens (including phenoxy) is 2. The molecule has 0 aromatic heterocycles. The summed E-state index contributed by atoms with van der Waals surface area (Å²) in [5, 5.41) is 13.8. The van der Waals surface area contributed by atoms with Gasteiger partial charge in [-0.2, -0.15) is 0 Å². The van der Waals surface area contributed by atoms with Crippen LogP contribution in [0.5, 0.6) is 0 Å². The number of fused-ring (bicyclic) bond motifs is 1. The van der Waals surface area contributed by atoms with Crippen LogP contribution in [0.3, 0.4) is 0 Å². The molecule has 4 nitrogen and oxygen atoms in total. The van der Waals surface area contributed by atoms with Crippen LogP contribution in [0.25, 0.3) is 0 Å². The minimum Gasteiger partial charge on any atom is -0.632 e. The molecule has 0 bridgehead atoms. The molecular formula is C18H27NO3. The molecule has 2 heterocycles. The van der Waals surface area contributed by atoms with Crippen molar-refractivity contribution in [3.63, 3.8) is 0 Å². The minimum atomic E-state index is -0.589. The van der Waals surface area contributed by atoms with Crippen LogP contribution in [-0.4, -0.2) is 34.7 Å². The standard InChI is InChI=1S/C18H27NO3/c1-12(2)15-17-16(21-18(4,5)22-17)13(3)19(15,20)11-14-9-7-6-8-10-14/h6-10,12-13,15-17H,11H2,1-5H3/t13-,15+,16-,17+,19-/m1/s1. The van der Waals surface area contributed by atoms with E-state index >= 15 is 0 Å². The number of quaternary nitrogens is 1. The van der Waals surface area contributed by atoms with E-state index in [0.29, 0.717) is 6.54 Å². The van der Waals surface area contributed by atoms with Crippen molar-refractivity contribution in [1.29, 1.82) is 0 Å². The van der Waals surface area contributed by atoms with Crippen molar-refractivity contribution in [3.8, 4) is 0 Å². The number of benzene rings is 1. The second-order valence-electron chi connectivity index (χ2n) is 7.54. The van der Waals surface area contributed by atoms with E-state index in [1.54, 1.807) is 0 Å². The first-order valence-corrected chi connectivity index (χ1v) is 8.22. The number of likely N-dealkylation sites (tertiary alicyclic amines) is 1. The third kappa shape index (κ3) is 2.48. The Bertz CT molecular complexity index is 530. The predicted octanol–water partition coefficient (Wildman–Crippen LogP) is 3.45. The van der Waals surface area contributed by atoms with Crippen LogP contribution in [0.1, 0.15) is 40.2 Å². The average Bonchev–Trinajstić information content (AvgIpc) is 2.82. The monoisotopic (exact) mass is 305 g/mol. The number of rotatable bonds is 3. The van der Waals surface area contributed by atoms with Crippen molar-refractivity contribution in [2.45, 2.75) is 71.2 Å². The normalized spacial score (nSPS) is 40.1. The van der Waals surface area contributed by atoms with E-state index in [2.05, 4.69) is 13.8 Å². The van der Waals surface area contributed by atoms with Crippen LogP contribution in [0.4, 0.5) is 0 Å². The highest BCUT2D eigenvalue weighted by Crippen LogP contribution is 2.47. The molecular weight excluding hydrogens is 278 g/mol. The van der Waals surface area contributed by atoms with E-state index in [0.717, 1.165) is 5.56 Å². The highest BCUT2D eigenvalue weighted by Gasteiger charge is 2.62. The second kappa shape index (κ2) is 5.31. The van der Waals surface area contributed by atoms with Gasteiger partial charge in [0.2, 0.25) is 0 Å². The van der Waals surface area contributed by atoms with Crippen molar-refractivity contribution in [2.24, 2.45) is 5.92 Å². The Kier molecular flexibility index (Phi) is 3.84. The third-order valence-electron chi connectivity index (χ3n) is 5.13. The van der Waals surface area contributed by atoms with Gasteiger partial charge < -0.3 is 19.3 Å². The molecule has 3 rings (SSSR count). The van der Waals surface area contributed by atoms with Gasteiger partial charge >= 0.3 is 0 Å². The number of hydrogen-bond acceptors (Lipinski definition) is 3. The molecule has 0 radical (unpaired) electrons. The molecule has 2 aliphatic rings. The molecule has 0 saturated carbocycles. The minimum absolute atomic E-state index is 0.0954. The highest BCUT2D eigenvalue weighted by molar-refractivity contribution is 5.14.